The van der Waals surface area contributed by atoms with Gasteiger partial charge in [0, 0.05) is 6.54 Å². The van der Waals surface area contributed by atoms with Crippen molar-refractivity contribution in [3.8, 4) is 5.75 Å². The Kier molecular flexibility index (Phi) is 5.82. The van der Waals surface area contributed by atoms with E-state index in [9.17, 15) is 13.2 Å². The molecular formula is C20H24N2O4S. The summed E-state index contributed by atoms with van der Waals surface area (Å²) in [6, 6.07) is 13.0. The highest BCUT2D eigenvalue weighted by molar-refractivity contribution is 7.89. The molecule has 144 valence electrons. The Morgan fingerprint density at radius 2 is 1.89 bits per heavy atom. The lowest BCUT2D eigenvalue weighted by molar-refractivity contribution is -0.120. The Morgan fingerprint density at radius 3 is 2.59 bits per heavy atom. The van der Waals surface area contributed by atoms with Gasteiger partial charge in [0.25, 0.3) is 0 Å². The smallest absolute Gasteiger partial charge is 0.243 e. The van der Waals surface area contributed by atoms with Crippen LogP contribution in [0.3, 0.4) is 0 Å². The van der Waals surface area contributed by atoms with Gasteiger partial charge in [0.1, 0.15) is 11.8 Å². The molecule has 1 atom stereocenters. The number of anilines is 1. The van der Waals surface area contributed by atoms with E-state index in [1.807, 2.05) is 19.1 Å². The van der Waals surface area contributed by atoms with Crippen molar-refractivity contribution in [3.05, 3.63) is 54.1 Å². The van der Waals surface area contributed by atoms with E-state index < -0.39 is 16.1 Å². The number of amides is 1. The fourth-order valence-electron chi connectivity index (χ4n) is 3.32. The van der Waals surface area contributed by atoms with Gasteiger partial charge in [-0.2, -0.15) is 4.31 Å². The van der Waals surface area contributed by atoms with E-state index in [1.54, 1.807) is 36.4 Å². The van der Waals surface area contributed by atoms with Gasteiger partial charge in [0.15, 0.2) is 0 Å². The number of rotatable bonds is 5. The average molecular weight is 388 g/mol. The molecule has 7 heteroatoms. The molecule has 1 aliphatic rings. The first-order valence-corrected chi connectivity index (χ1v) is 10.4. The fourth-order valence-corrected chi connectivity index (χ4v) is 5.00. The molecule has 2 aromatic rings. The number of nitrogens with zero attached hydrogens (tertiary/aromatic N) is 1. The van der Waals surface area contributed by atoms with Crippen LogP contribution < -0.4 is 10.1 Å². The summed E-state index contributed by atoms with van der Waals surface area (Å²) in [6.07, 6.45) is 2.04. The van der Waals surface area contributed by atoms with Gasteiger partial charge in [-0.25, -0.2) is 8.42 Å². The predicted octanol–water partition coefficient (Wildman–Crippen LogP) is 3.19. The Balaban J connectivity index is 1.88. The zero-order chi connectivity index (χ0) is 19.4. The molecule has 0 radical (unpaired) electrons. The van der Waals surface area contributed by atoms with Crippen LogP contribution in [-0.2, 0) is 14.8 Å². The quantitative estimate of drug-likeness (QED) is 0.854. The topological polar surface area (TPSA) is 75.7 Å². The summed E-state index contributed by atoms with van der Waals surface area (Å²) in [7, 11) is -2.20. The van der Waals surface area contributed by atoms with Gasteiger partial charge in [-0.05, 0) is 49.6 Å². The molecule has 3 rings (SSSR count). The van der Waals surface area contributed by atoms with Crippen LogP contribution in [0.25, 0.3) is 0 Å². The highest BCUT2D eigenvalue weighted by Crippen LogP contribution is 2.29. The highest BCUT2D eigenvalue weighted by Gasteiger charge is 2.37. The molecule has 0 aliphatic carbocycles. The summed E-state index contributed by atoms with van der Waals surface area (Å²) in [5, 5.41) is 2.86. The van der Waals surface area contributed by atoms with Gasteiger partial charge in [0.05, 0.1) is 17.7 Å². The highest BCUT2D eigenvalue weighted by atomic mass is 32.2. The van der Waals surface area contributed by atoms with E-state index in [-0.39, 0.29) is 10.8 Å². The number of sulfonamides is 1. The van der Waals surface area contributed by atoms with Crippen molar-refractivity contribution in [2.24, 2.45) is 0 Å². The minimum absolute atomic E-state index is 0.206. The summed E-state index contributed by atoms with van der Waals surface area (Å²) in [6.45, 7) is 2.25. The monoisotopic (exact) mass is 388 g/mol. The molecule has 2 aromatic carbocycles. The molecule has 1 aliphatic heterocycles. The lowest BCUT2D eigenvalue weighted by atomic mass is 10.0. The van der Waals surface area contributed by atoms with Gasteiger partial charge in [-0.1, -0.05) is 30.7 Å². The standard InChI is InChI=1S/C20H24N2O4S/c1-15-11-12-19(26-2)17(14-15)21-20(23)18-10-6-7-13-22(18)27(24,25)16-8-4-3-5-9-16/h3-5,8-9,11-12,14,18H,6-7,10,13H2,1-2H3,(H,21,23)/t18-/m1/s1. The number of ether oxygens (including phenoxy) is 1. The molecule has 0 saturated carbocycles. The molecule has 0 spiro atoms. The number of carbonyl (C=O) groups is 1. The SMILES string of the molecule is COc1ccc(C)cc1NC(=O)[C@H]1CCCCN1S(=O)(=O)c1ccccc1. The van der Waals surface area contributed by atoms with Crippen LogP contribution in [-0.4, -0.2) is 38.3 Å². The first kappa shape index (κ1) is 19.4. The number of piperidine rings is 1. The number of hydrogen-bond acceptors (Lipinski definition) is 4. The average Bonchev–Trinajstić information content (AvgIpc) is 2.69. The van der Waals surface area contributed by atoms with Gasteiger partial charge >= 0.3 is 0 Å². The third-order valence-corrected chi connectivity index (χ3v) is 6.64. The summed E-state index contributed by atoms with van der Waals surface area (Å²) < 4.78 is 32.7. The number of aryl methyl sites for hydroxylation is 1. The lowest BCUT2D eigenvalue weighted by Crippen LogP contribution is -2.49. The van der Waals surface area contributed by atoms with Crippen molar-refractivity contribution in [1.29, 1.82) is 0 Å². The maximum absolute atomic E-state index is 13.1. The van der Waals surface area contributed by atoms with Crippen LogP contribution in [0.5, 0.6) is 5.75 Å². The summed E-state index contributed by atoms with van der Waals surface area (Å²) in [5.41, 5.74) is 1.52. The number of benzene rings is 2. The normalized spacial score (nSPS) is 18.1. The van der Waals surface area contributed by atoms with E-state index in [1.165, 1.54) is 11.4 Å². The Bertz CT molecular complexity index is 913. The minimum Gasteiger partial charge on any atom is -0.495 e. The van der Waals surface area contributed by atoms with Crippen LogP contribution in [0.15, 0.2) is 53.4 Å². The van der Waals surface area contributed by atoms with E-state index in [0.717, 1.165) is 18.4 Å². The number of hydrogen-bond donors (Lipinski definition) is 1. The Labute approximate surface area is 160 Å². The minimum atomic E-state index is -3.73. The molecule has 6 nitrogen and oxygen atoms in total. The number of methoxy groups -OCH3 is 1. The number of carbonyl (C=O) groups excluding carboxylic acids is 1. The van der Waals surface area contributed by atoms with E-state index in [2.05, 4.69) is 5.32 Å². The van der Waals surface area contributed by atoms with Gasteiger partial charge < -0.3 is 10.1 Å². The molecule has 0 aromatic heterocycles. The van der Waals surface area contributed by atoms with E-state index in [0.29, 0.717) is 24.4 Å². The largest absolute Gasteiger partial charge is 0.495 e. The molecule has 27 heavy (non-hydrogen) atoms. The second kappa shape index (κ2) is 8.10. The maximum atomic E-state index is 13.1. The van der Waals surface area contributed by atoms with Crippen molar-refractivity contribution in [1.82, 2.24) is 4.31 Å². The molecule has 1 heterocycles. The van der Waals surface area contributed by atoms with Gasteiger partial charge in [-0.3, -0.25) is 4.79 Å². The van der Waals surface area contributed by atoms with Crippen LogP contribution in [0.4, 0.5) is 5.69 Å². The van der Waals surface area contributed by atoms with Crippen LogP contribution in [0.2, 0.25) is 0 Å². The van der Waals surface area contributed by atoms with E-state index >= 15 is 0 Å². The second-order valence-electron chi connectivity index (χ2n) is 6.63. The lowest BCUT2D eigenvalue weighted by Gasteiger charge is -2.33. The molecule has 0 bridgehead atoms. The summed E-state index contributed by atoms with van der Waals surface area (Å²) >= 11 is 0. The van der Waals surface area contributed by atoms with Crippen molar-refractivity contribution < 1.29 is 17.9 Å². The molecule has 0 unspecified atom stereocenters. The van der Waals surface area contributed by atoms with Crippen LogP contribution >= 0.6 is 0 Å². The molecular weight excluding hydrogens is 364 g/mol. The molecule has 1 saturated heterocycles. The predicted molar refractivity (Wildman–Crippen MR) is 104 cm³/mol. The first-order valence-electron chi connectivity index (χ1n) is 8.96. The van der Waals surface area contributed by atoms with Crippen molar-refractivity contribution in [3.63, 3.8) is 0 Å². The summed E-state index contributed by atoms with van der Waals surface area (Å²) in [5.74, 6) is 0.209. The molecule has 1 fully saturated rings. The third kappa shape index (κ3) is 4.14. The summed E-state index contributed by atoms with van der Waals surface area (Å²) in [4.78, 5) is 13.2. The third-order valence-electron chi connectivity index (χ3n) is 4.72. The van der Waals surface area contributed by atoms with Gasteiger partial charge in [0.2, 0.25) is 15.9 Å². The number of nitrogens with one attached hydrogen (secondary N) is 1. The first-order chi connectivity index (χ1) is 12.9. The fraction of sp³-hybridized carbons (Fsp3) is 0.350. The molecule has 1 N–H and O–H groups in total. The second-order valence-corrected chi connectivity index (χ2v) is 8.52. The van der Waals surface area contributed by atoms with Crippen molar-refractivity contribution >= 4 is 21.6 Å². The Hall–Kier alpha value is -2.38. The van der Waals surface area contributed by atoms with Crippen LogP contribution in [0.1, 0.15) is 24.8 Å². The van der Waals surface area contributed by atoms with Gasteiger partial charge in [-0.15, -0.1) is 0 Å². The Morgan fingerprint density at radius 1 is 1.15 bits per heavy atom. The van der Waals surface area contributed by atoms with E-state index in [4.69, 9.17) is 4.74 Å². The molecule has 1 amide bonds. The van der Waals surface area contributed by atoms with Crippen molar-refractivity contribution in [2.45, 2.75) is 37.1 Å². The zero-order valence-electron chi connectivity index (χ0n) is 15.5. The maximum Gasteiger partial charge on any atom is 0.243 e. The van der Waals surface area contributed by atoms with Crippen molar-refractivity contribution in [2.75, 3.05) is 19.0 Å². The van der Waals surface area contributed by atoms with Crippen LogP contribution in [0, 0.1) is 6.92 Å². The zero-order valence-corrected chi connectivity index (χ0v) is 16.3.